The van der Waals surface area contributed by atoms with Crippen LogP contribution in [0.3, 0.4) is 0 Å². The fourth-order valence-electron chi connectivity index (χ4n) is 5.81. The van der Waals surface area contributed by atoms with Crippen molar-refractivity contribution in [3.63, 3.8) is 0 Å². The van der Waals surface area contributed by atoms with Crippen LogP contribution in [0, 0.1) is 0 Å². The van der Waals surface area contributed by atoms with E-state index < -0.39 is 0 Å². The molecule has 0 saturated carbocycles. The van der Waals surface area contributed by atoms with Crippen molar-refractivity contribution < 1.29 is 8.83 Å². The minimum Gasteiger partial charge on any atom is -0.455 e. The predicted octanol–water partition coefficient (Wildman–Crippen LogP) is 9.78. The van der Waals surface area contributed by atoms with Crippen LogP contribution in [-0.4, -0.2) is 24.9 Å². The van der Waals surface area contributed by atoms with Crippen LogP contribution < -0.4 is 0 Å². The quantitative estimate of drug-likeness (QED) is 0.185. The van der Waals surface area contributed by atoms with E-state index in [9.17, 15) is 0 Å². The first kappa shape index (κ1) is 25.6. The maximum atomic E-state index is 6.59. The number of para-hydroxylation sites is 2. The second kappa shape index (κ2) is 10.1. The van der Waals surface area contributed by atoms with Crippen molar-refractivity contribution in [2.45, 2.75) is 0 Å². The van der Waals surface area contributed by atoms with E-state index in [0.29, 0.717) is 45.4 Å². The van der Waals surface area contributed by atoms with Crippen LogP contribution in [0.4, 0.5) is 0 Å². The molecule has 4 aromatic heterocycles. The number of benzene rings is 5. The summed E-state index contributed by atoms with van der Waals surface area (Å²) in [5.74, 6) is 1.70. The van der Waals surface area contributed by atoms with Gasteiger partial charge in [0.2, 0.25) is 5.28 Å². The lowest BCUT2D eigenvalue weighted by Crippen LogP contribution is -2.00. The molecule has 0 radical (unpaired) electrons. The number of halogens is 1. The minimum absolute atomic E-state index is 0.148. The van der Waals surface area contributed by atoms with Crippen molar-refractivity contribution in [2.24, 2.45) is 0 Å². The first-order valence-corrected chi connectivity index (χ1v) is 14.8. The summed E-state index contributed by atoms with van der Waals surface area (Å²) in [5.41, 5.74) is 7.32. The van der Waals surface area contributed by atoms with Crippen LogP contribution in [0.5, 0.6) is 0 Å². The Morgan fingerprint density at radius 3 is 1.84 bits per heavy atom. The molecule has 212 valence electrons. The summed E-state index contributed by atoms with van der Waals surface area (Å²) in [6, 6.07) is 39.6. The van der Waals surface area contributed by atoms with E-state index in [1.165, 1.54) is 0 Å². The second-order valence-electron chi connectivity index (χ2n) is 10.7. The molecule has 9 aromatic rings. The molecule has 8 heteroatoms. The SMILES string of the molecule is Clc1nc(-c2ccc3c(c2)oc2c(-c4nc(-c5ccccc5)nc(-c5ccccc5)n4)cccc23)c2oc3ccccc3c2n1. The van der Waals surface area contributed by atoms with Crippen molar-refractivity contribution in [1.82, 2.24) is 24.9 Å². The topological polar surface area (TPSA) is 90.7 Å². The first-order chi connectivity index (χ1) is 22.2. The third kappa shape index (κ3) is 4.24. The van der Waals surface area contributed by atoms with E-state index in [1.54, 1.807) is 0 Å². The maximum Gasteiger partial charge on any atom is 0.223 e. The Morgan fingerprint density at radius 2 is 1.09 bits per heavy atom. The number of hydrogen-bond donors (Lipinski definition) is 0. The van der Waals surface area contributed by atoms with Crippen molar-refractivity contribution in [1.29, 1.82) is 0 Å². The van der Waals surface area contributed by atoms with Gasteiger partial charge in [-0.2, -0.15) is 0 Å². The molecule has 0 unspecified atom stereocenters. The number of hydrogen-bond acceptors (Lipinski definition) is 7. The van der Waals surface area contributed by atoms with Crippen molar-refractivity contribution >= 4 is 55.6 Å². The molecule has 4 heterocycles. The van der Waals surface area contributed by atoms with Crippen molar-refractivity contribution in [3.05, 3.63) is 127 Å². The van der Waals surface area contributed by atoms with E-state index in [1.807, 2.05) is 121 Å². The Morgan fingerprint density at radius 1 is 0.444 bits per heavy atom. The lowest BCUT2D eigenvalue weighted by Gasteiger charge is -2.08. The molecule has 5 aromatic carbocycles. The highest BCUT2D eigenvalue weighted by molar-refractivity contribution is 6.29. The molecule has 9 rings (SSSR count). The zero-order valence-corrected chi connectivity index (χ0v) is 24.2. The molecule has 0 saturated heterocycles. The van der Waals surface area contributed by atoms with E-state index in [0.717, 1.165) is 44.0 Å². The summed E-state index contributed by atoms with van der Waals surface area (Å²) in [6.45, 7) is 0. The maximum absolute atomic E-state index is 6.59. The van der Waals surface area contributed by atoms with Crippen LogP contribution >= 0.6 is 11.6 Å². The molecule has 0 N–H and O–H groups in total. The summed E-state index contributed by atoms with van der Waals surface area (Å²) in [6.07, 6.45) is 0. The normalized spacial score (nSPS) is 11.7. The van der Waals surface area contributed by atoms with Gasteiger partial charge in [0.1, 0.15) is 28.0 Å². The van der Waals surface area contributed by atoms with Crippen LogP contribution in [0.15, 0.2) is 130 Å². The van der Waals surface area contributed by atoms with Crippen molar-refractivity contribution in [2.75, 3.05) is 0 Å². The van der Waals surface area contributed by atoms with Crippen LogP contribution in [0.1, 0.15) is 0 Å². The van der Waals surface area contributed by atoms with Gasteiger partial charge < -0.3 is 8.83 Å². The Bertz CT molecular complexity index is 2500. The fourth-order valence-corrected chi connectivity index (χ4v) is 5.98. The molecule has 0 spiro atoms. The highest BCUT2D eigenvalue weighted by Gasteiger charge is 2.20. The Balaban J connectivity index is 1.24. The number of fused-ring (bicyclic) bond motifs is 6. The number of furan rings is 2. The highest BCUT2D eigenvalue weighted by atomic mass is 35.5. The third-order valence-electron chi connectivity index (χ3n) is 7.91. The van der Waals surface area contributed by atoms with Gasteiger partial charge in [-0.25, -0.2) is 24.9 Å². The second-order valence-corrected chi connectivity index (χ2v) is 11.0. The average molecular weight is 602 g/mol. The molecule has 7 nitrogen and oxygen atoms in total. The van der Waals surface area contributed by atoms with E-state index in [2.05, 4.69) is 9.97 Å². The Kier molecular flexibility index (Phi) is 5.73. The predicted molar refractivity (Wildman–Crippen MR) is 177 cm³/mol. The van der Waals surface area contributed by atoms with Crippen molar-refractivity contribution in [3.8, 4) is 45.4 Å². The summed E-state index contributed by atoms with van der Waals surface area (Å²) in [7, 11) is 0. The van der Waals surface area contributed by atoms with E-state index in [4.69, 9.17) is 35.4 Å². The molecule has 0 bridgehead atoms. The molecular weight excluding hydrogens is 582 g/mol. The Labute approximate surface area is 260 Å². The zero-order valence-electron chi connectivity index (χ0n) is 23.5. The number of rotatable bonds is 4. The molecule has 0 aliphatic carbocycles. The average Bonchev–Trinajstić information content (AvgIpc) is 3.66. The first-order valence-electron chi connectivity index (χ1n) is 14.4. The standard InChI is InChI=1S/C37H20ClN5O2/c38-37-39-30(33-31(40-37)26-14-7-8-17-28(26)44-33)23-18-19-24-25-15-9-16-27(32(25)45-29(24)20-23)36-42-34(21-10-3-1-4-11-21)41-35(43-36)22-12-5-2-6-13-22/h1-20H. The van der Waals surface area contributed by atoms with Crippen LogP contribution in [0.2, 0.25) is 5.28 Å². The number of nitrogens with zero attached hydrogens (tertiary/aromatic N) is 5. The van der Waals surface area contributed by atoms with Gasteiger partial charge in [-0.05, 0) is 41.9 Å². The molecule has 0 atom stereocenters. The number of aromatic nitrogens is 5. The summed E-state index contributed by atoms with van der Waals surface area (Å²) in [5, 5.41) is 2.94. The highest BCUT2D eigenvalue weighted by Crippen LogP contribution is 2.39. The molecular formula is C37H20ClN5O2. The largest absolute Gasteiger partial charge is 0.455 e. The van der Waals surface area contributed by atoms with Gasteiger partial charge in [-0.15, -0.1) is 0 Å². The van der Waals surface area contributed by atoms with Gasteiger partial charge in [0.05, 0.1) is 5.56 Å². The summed E-state index contributed by atoms with van der Waals surface area (Å²) < 4.78 is 12.8. The van der Waals surface area contributed by atoms with Gasteiger partial charge in [0.25, 0.3) is 0 Å². The molecule has 0 fully saturated rings. The van der Waals surface area contributed by atoms with Gasteiger partial charge >= 0.3 is 0 Å². The van der Waals surface area contributed by atoms with E-state index in [-0.39, 0.29) is 5.28 Å². The van der Waals surface area contributed by atoms with Crippen LogP contribution in [-0.2, 0) is 0 Å². The third-order valence-corrected chi connectivity index (χ3v) is 8.07. The van der Waals surface area contributed by atoms with Gasteiger partial charge in [-0.3, -0.25) is 0 Å². The summed E-state index contributed by atoms with van der Waals surface area (Å²) >= 11 is 6.41. The van der Waals surface area contributed by atoms with Crippen LogP contribution in [0.25, 0.3) is 89.4 Å². The fraction of sp³-hybridized carbons (Fsp3) is 0. The lowest BCUT2D eigenvalue weighted by molar-refractivity contribution is 0.666. The molecule has 45 heavy (non-hydrogen) atoms. The Hall–Kier alpha value is -5.92. The molecule has 0 amide bonds. The smallest absolute Gasteiger partial charge is 0.223 e. The van der Waals surface area contributed by atoms with Gasteiger partial charge in [0, 0.05) is 32.8 Å². The van der Waals surface area contributed by atoms with E-state index >= 15 is 0 Å². The molecule has 0 aliphatic rings. The lowest BCUT2D eigenvalue weighted by atomic mass is 10.1. The minimum atomic E-state index is 0.148. The monoisotopic (exact) mass is 601 g/mol. The molecule has 0 aliphatic heterocycles. The summed E-state index contributed by atoms with van der Waals surface area (Å²) in [4.78, 5) is 23.7. The van der Waals surface area contributed by atoms with Gasteiger partial charge in [-0.1, -0.05) is 91.0 Å². The zero-order chi connectivity index (χ0) is 29.9. The van der Waals surface area contributed by atoms with Gasteiger partial charge in [0.15, 0.2) is 23.1 Å².